The molecule has 4 heteroatoms. The maximum absolute atomic E-state index is 13.2. The van der Waals surface area contributed by atoms with Crippen molar-refractivity contribution >= 4 is 17.8 Å². The fourth-order valence-electron chi connectivity index (χ4n) is 5.59. The Hall–Kier alpha value is -2.88. The van der Waals surface area contributed by atoms with Crippen LogP contribution in [0.15, 0.2) is 48.5 Å². The van der Waals surface area contributed by atoms with E-state index in [0.29, 0.717) is 11.1 Å². The standard InChI is InChI=1S/C27H30O4/c1-27(16-19-4-3-5-20(14-19)17-27)22-11-12-24(28)23(15-22)26(30)21-9-6-18(7-10-21)8-13-25(29)31-2/h6-13,15,19-20,28H,3-5,14,16-17H2,1-2H3/b13-8+. The molecule has 2 aliphatic rings. The highest BCUT2D eigenvalue weighted by molar-refractivity contribution is 6.10. The zero-order valence-corrected chi connectivity index (χ0v) is 18.3. The maximum atomic E-state index is 13.2. The number of fused-ring (bicyclic) bond motifs is 2. The molecule has 2 atom stereocenters. The lowest BCUT2D eigenvalue weighted by atomic mass is 9.59. The summed E-state index contributed by atoms with van der Waals surface area (Å²) >= 11 is 0. The molecule has 2 saturated carbocycles. The van der Waals surface area contributed by atoms with E-state index < -0.39 is 5.97 Å². The number of carbonyl (C=O) groups is 2. The van der Waals surface area contributed by atoms with Crippen molar-refractivity contribution < 1.29 is 19.4 Å². The molecule has 0 aromatic heterocycles. The van der Waals surface area contributed by atoms with Crippen molar-refractivity contribution in [3.05, 3.63) is 70.8 Å². The Bertz CT molecular complexity index is 990. The predicted octanol–water partition coefficient (Wildman–Crippen LogP) is 5.67. The van der Waals surface area contributed by atoms with Gasteiger partial charge in [0.2, 0.25) is 0 Å². The third-order valence-electron chi connectivity index (χ3n) is 7.09. The van der Waals surface area contributed by atoms with Gasteiger partial charge < -0.3 is 9.84 Å². The van der Waals surface area contributed by atoms with Gasteiger partial charge in [-0.05, 0) is 65.8 Å². The van der Waals surface area contributed by atoms with Crippen LogP contribution in [0.2, 0.25) is 0 Å². The molecule has 2 aromatic carbocycles. The van der Waals surface area contributed by atoms with Gasteiger partial charge in [-0.15, -0.1) is 0 Å². The van der Waals surface area contributed by atoms with E-state index in [4.69, 9.17) is 0 Å². The van der Waals surface area contributed by atoms with Crippen molar-refractivity contribution in [1.82, 2.24) is 0 Å². The minimum atomic E-state index is -0.428. The number of ketones is 1. The summed E-state index contributed by atoms with van der Waals surface area (Å²) in [6, 6.07) is 12.6. The molecular weight excluding hydrogens is 388 g/mol. The first-order valence-electron chi connectivity index (χ1n) is 11.1. The number of aromatic hydroxyl groups is 1. The lowest BCUT2D eigenvalue weighted by molar-refractivity contribution is -0.134. The molecule has 0 aliphatic heterocycles. The molecular formula is C27H30O4. The van der Waals surface area contributed by atoms with Crippen LogP contribution in [0.4, 0.5) is 0 Å². The summed E-state index contributed by atoms with van der Waals surface area (Å²) in [7, 11) is 1.33. The van der Waals surface area contributed by atoms with Crippen molar-refractivity contribution in [2.75, 3.05) is 7.11 Å². The SMILES string of the molecule is COC(=O)/C=C/c1ccc(C(=O)c2cc(C3(C)CC4CCCC(C4)C3)ccc2O)cc1. The normalized spacial score (nSPS) is 25.4. The van der Waals surface area contributed by atoms with Gasteiger partial charge in [0.15, 0.2) is 5.78 Å². The van der Waals surface area contributed by atoms with E-state index in [1.807, 2.05) is 12.1 Å². The van der Waals surface area contributed by atoms with E-state index in [0.717, 1.165) is 35.8 Å². The minimum Gasteiger partial charge on any atom is -0.507 e. The lowest BCUT2D eigenvalue weighted by Crippen LogP contribution is -2.37. The number of methoxy groups -OCH3 is 1. The number of esters is 1. The van der Waals surface area contributed by atoms with Gasteiger partial charge in [-0.1, -0.05) is 56.5 Å². The van der Waals surface area contributed by atoms with Gasteiger partial charge in [-0.25, -0.2) is 4.79 Å². The van der Waals surface area contributed by atoms with Crippen LogP contribution in [0.5, 0.6) is 5.75 Å². The Morgan fingerprint density at radius 1 is 1.06 bits per heavy atom. The molecule has 4 rings (SSSR count). The average Bonchev–Trinajstić information content (AvgIpc) is 2.77. The Balaban J connectivity index is 1.58. The van der Waals surface area contributed by atoms with Crippen LogP contribution in [0.1, 0.15) is 72.5 Å². The number of benzene rings is 2. The molecule has 0 radical (unpaired) electrons. The molecule has 31 heavy (non-hydrogen) atoms. The quantitative estimate of drug-likeness (QED) is 0.386. The van der Waals surface area contributed by atoms with Crippen LogP contribution < -0.4 is 0 Å². The fourth-order valence-corrected chi connectivity index (χ4v) is 5.59. The largest absolute Gasteiger partial charge is 0.507 e. The third kappa shape index (κ3) is 4.58. The zero-order chi connectivity index (χ0) is 22.0. The second kappa shape index (κ2) is 8.70. The van der Waals surface area contributed by atoms with Crippen molar-refractivity contribution in [2.24, 2.45) is 11.8 Å². The monoisotopic (exact) mass is 418 g/mol. The maximum Gasteiger partial charge on any atom is 0.330 e. The van der Waals surface area contributed by atoms with Gasteiger partial charge in [0.25, 0.3) is 0 Å². The molecule has 2 aromatic rings. The first-order chi connectivity index (χ1) is 14.9. The molecule has 0 saturated heterocycles. The predicted molar refractivity (Wildman–Crippen MR) is 121 cm³/mol. The number of carbonyl (C=O) groups excluding carboxylic acids is 2. The summed E-state index contributed by atoms with van der Waals surface area (Å²) in [5, 5.41) is 10.5. The topological polar surface area (TPSA) is 63.6 Å². The fraction of sp³-hybridized carbons (Fsp3) is 0.407. The first-order valence-corrected chi connectivity index (χ1v) is 11.1. The molecule has 2 unspecified atom stereocenters. The summed E-state index contributed by atoms with van der Waals surface area (Å²) in [6.07, 6.45) is 10.6. The molecule has 1 N–H and O–H groups in total. The van der Waals surface area contributed by atoms with Crippen molar-refractivity contribution in [2.45, 2.75) is 50.9 Å². The summed E-state index contributed by atoms with van der Waals surface area (Å²) in [4.78, 5) is 24.4. The number of rotatable bonds is 5. The van der Waals surface area contributed by atoms with Crippen LogP contribution in [-0.2, 0) is 14.9 Å². The Kier molecular flexibility index (Phi) is 5.99. The highest BCUT2D eigenvalue weighted by Crippen LogP contribution is 2.50. The minimum absolute atomic E-state index is 0.0167. The Morgan fingerprint density at radius 2 is 1.74 bits per heavy atom. The molecule has 0 spiro atoms. The highest BCUT2D eigenvalue weighted by Gasteiger charge is 2.40. The highest BCUT2D eigenvalue weighted by atomic mass is 16.5. The van der Waals surface area contributed by atoms with E-state index in [2.05, 4.69) is 11.7 Å². The number of phenols is 1. The lowest BCUT2D eigenvalue weighted by Gasteiger charge is -2.46. The van der Waals surface area contributed by atoms with Gasteiger partial charge in [-0.2, -0.15) is 0 Å². The number of ether oxygens (including phenoxy) is 1. The van der Waals surface area contributed by atoms with Gasteiger partial charge in [-0.3, -0.25) is 4.79 Å². The van der Waals surface area contributed by atoms with Crippen LogP contribution in [-0.4, -0.2) is 24.0 Å². The molecule has 2 bridgehead atoms. The summed E-state index contributed by atoms with van der Waals surface area (Å²) < 4.78 is 4.59. The third-order valence-corrected chi connectivity index (χ3v) is 7.09. The van der Waals surface area contributed by atoms with Gasteiger partial charge in [0.1, 0.15) is 5.75 Å². The van der Waals surface area contributed by atoms with E-state index in [1.165, 1.54) is 38.9 Å². The van der Waals surface area contributed by atoms with E-state index >= 15 is 0 Å². The van der Waals surface area contributed by atoms with Crippen molar-refractivity contribution in [1.29, 1.82) is 0 Å². The number of hydrogen-bond acceptors (Lipinski definition) is 4. The first kappa shape index (κ1) is 21.4. The second-order valence-electron chi connectivity index (χ2n) is 9.41. The molecule has 2 aliphatic carbocycles. The summed E-state index contributed by atoms with van der Waals surface area (Å²) in [6.45, 7) is 2.32. The number of phenolic OH excluding ortho intramolecular Hbond substituents is 1. The number of hydrogen-bond donors (Lipinski definition) is 1. The summed E-state index contributed by atoms with van der Waals surface area (Å²) in [5.41, 5.74) is 2.86. The smallest absolute Gasteiger partial charge is 0.330 e. The van der Waals surface area contributed by atoms with Gasteiger partial charge in [0, 0.05) is 11.6 Å². The molecule has 0 heterocycles. The van der Waals surface area contributed by atoms with E-state index in [9.17, 15) is 14.7 Å². The van der Waals surface area contributed by atoms with Crippen LogP contribution in [0.3, 0.4) is 0 Å². The van der Waals surface area contributed by atoms with Gasteiger partial charge in [0.05, 0.1) is 12.7 Å². The van der Waals surface area contributed by atoms with Crippen LogP contribution >= 0.6 is 0 Å². The molecule has 162 valence electrons. The summed E-state index contributed by atoms with van der Waals surface area (Å²) in [5.74, 6) is 0.944. The zero-order valence-electron chi connectivity index (χ0n) is 18.3. The Morgan fingerprint density at radius 3 is 2.39 bits per heavy atom. The second-order valence-corrected chi connectivity index (χ2v) is 9.41. The Labute approximate surface area is 183 Å². The van der Waals surface area contributed by atoms with E-state index in [-0.39, 0.29) is 16.9 Å². The van der Waals surface area contributed by atoms with Crippen molar-refractivity contribution in [3.63, 3.8) is 0 Å². The van der Waals surface area contributed by atoms with Crippen LogP contribution in [0.25, 0.3) is 6.08 Å². The molecule has 4 nitrogen and oxygen atoms in total. The molecule has 0 amide bonds. The van der Waals surface area contributed by atoms with E-state index in [1.54, 1.807) is 36.4 Å². The van der Waals surface area contributed by atoms with Crippen molar-refractivity contribution in [3.8, 4) is 5.75 Å². The average molecular weight is 419 g/mol. The van der Waals surface area contributed by atoms with Crippen LogP contribution in [0, 0.1) is 11.8 Å². The van der Waals surface area contributed by atoms with Gasteiger partial charge >= 0.3 is 5.97 Å². The molecule has 2 fully saturated rings.